The molecule has 0 aromatic heterocycles. The van der Waals surface area contributed by atoms with Crippen LogP contribution in [0, 0.1) is 0 Å². The molecule has 5 heteroatoms. The Morgan fingerprint density at radius 1 is 1.47 bits per heavy atom. The summed E-state index contributed by atoms with van der Waals surface area (Å²) in [5, 5.41) is 0.0920. The minimum Gasteiger partial charge on any atom is -0.328 e. The first-order valence-corrected chi connectivity index (χ1v) is 7.61. The molecule has 2 rings (SSSR count). The van der Waals surface area contributed by atoms with E-state index in [2.05, 4.69) is 0 Å². The fourth-order valence-corrected chi connectivity index (χ4v) is 4.06. The zero-order valence-electron chi connectivity index (χ0n) is 9.69. The second-order valence-electron chi connectivity index (χ2n) is 4.69. The molecule has 1 atom stereocenters. The van der Waals surface area contributed by atoms with Crippen molar-refractivity contribution in [2.45, 2.75) is 42.4 Å². The molecule has 0 spiro atoms. The predicted molar refractivity (Wildman–Crippen MR) is 69.0 cm³/mol. The van der Waals surface area contributed by atoms with Crippen LogP contribution in [-0.4, -0.2) is 19.7 Å². The number of sulfone groups is 1. The van der Waals surface area contributed by atoms with Crippen LogP contribution >= 0.6 is 11.6 Å². The summed E-state index contributed by atoms with van der Waals surface area (Å²) >= 11 is 6.05. The van der Waals surface area contributed by atoms with Crippen molar-refractivity contribution in [3.8, 4) is 0 Å². The van der Waals surface area contributed by atoms with Gasteiger partial charge in [-0.15, -0.1) is 0 Å². The van der Waals surface area contributed by atoms with E-state index in [4.69, 9.17) is 17.3 Å². The summed E-state index contributed by atoms with van der Waals surface area (Å²) in [5.41, 5.74) is 6.67. The van der Waals surface area contributed by atoms with Crippen molar-refractivity contribution in [2.75, 3.05) is 0 Å². The van der Waals surface area contributed by atoms with E-state index in [-0.39, 0.29) is 16.2 Å². The lowest BCUT2D eigenvalue weighted by Crippen LogP contribution is -2.18. The van der Waals surface area contributed by atoms with Gasteiger partial charge in [0, 0.05) is 6.04 Å². The maximum Gasteiger partial charge on any atom is 0.182 e. The molecule has 3 nitrogen and oxygen atoms in total. The monoisotopic (exact) mass is 273 g/mol. The lowest BCUT2D eigenvalue weighted by atomic mass is 10.1. The highest BCUT2D eigenvalue weighted by molar-refractivity contribution is 7.92. The van der Waals surface area contributed by atoms with Crippen LogP contribution in [0.3, 0.4) is 0 Å². The van der Waals surface area contributed by atoms with Gasteiger partial charge in [-0.2, -0.15) is 0 Å². The summed E-state index contributed by atoms with van der Waals surface area (Å²) in [7, 11) is -3.20. The number of benzene rings is 1. The van der Waals surface area contributed by atoms with Gasteiger partial charge in [0.05, 0.1) is 15.2 Å². The number of nitrogens with two attached hydrogens (primary N) is 1. The fraction of sp³-hybridized carbons (Fsp3) is 0.500. The molecule has 1 aliphatic carbocycles. The van der Waals surface area contributed by atoms with E-state index in [0.717, 1.165) is 18.4 Å². The molecule has 1 unspecified atom stereocenters. The van der Waals surface area contributed by atoms with Crippen LogP contribution in [0.1, 0.15) is 25.3 Å². The summed E-state index contributed by atoms with van der Waals surface area (Å²) in [4.78, 5) is 0.259. The molecule has 0 heterocycles. The molecule has 0 saturated heterocycles. The van der Waals surface area contributed by atoms with E-state index in [1.165, 1.54) is 0 Å². The van der Waals surface area contributed by atoms with E-state index in [1.54, 1.807) is 18.2 Å². The second kappa shape index (κ2) is 4.59. The molecule has 0 radical (unpaired) electrons. The third kappa shape index (κ3) is 2.81. The SMILES string of the molecule is CC(N)Cc1ccc(S(=O)(=O)C2CC2)c(Cl)c1. The van der Waals surface area contributed by atoms with Gasteiger partial charge in [0.2, 0.25) is 0 Å². The smallest absolute Gasteiger partial charge is 0.182 e. The minimum absolute atomic E-state index is 0.0388. The van der Waals surface area contributed by atoms with E-state index < -0.39 is 9.84 Å². The molecule has 1 fully saturated rings. The van der Waals surface area contributed by atoms with Gasteiger partial charge in [0.25, 0.3) is 0 Å². The fourth-order valence-electron chi connectivity index (χ4n) is 1.83. The first-order chi connectivity index (χ1) is 7.91. The Kier molecular flexibility index (Phi) is 3.48. The molecule has 1 aliphatic rings. The third-order valence-corrected chi connectivity index (χ3v) is 5.57. The molecule has 2 N–H and O–H groups in total. The summed E-state index contributed by atoms with van der Waals surface area (Å²) < 4.78 is 24.1. The van der Waals surface area contributed by atoms with Crippen molar-refractivity contribution in [1.29, 1.82) is 0 Å². The van der Waals surface area contributed by atoms with Gasteiger partial charge in [-0.25, -0.2) is 8.42 Å². The van der Waals surface area contributed by atoms with Crippen molar-refractivity contribution < 1.29 is 8.42 Å². The lowest BCUT2D eigenvalue weighted by molar-refractivity contribution is 0.595. The molecule has 94 valence electrons. The Balaban J connectivity index is 2.31. The quantitative estimate of drug-likeness (QED) is 0.915. The van der Waals surface area contributed by atoms with Crippen LogP contribution < -0.4 is 5.73 Å². The summed E-state index contributed by atoms with van der Waals surface area (Å²) in [5.74, 6) is 0. The number of hydrogen-bond donors (Lipinski definition) is 1. The Morgan fingerprint density at radius 3 is 2.59 bits per heavy atom. The zero-order chi connectivity index (χ0) is 12.6. The number of halogens is 1. The molecule has 0 aliphatic heterocycles. The van der Waals surface area contributed by atoms with Gasteiger partial charge in [0.15, 0.2) is 9.84 Å². The van der Waals surface area contributed by atoms with E-state index in [1.807, 2.05) is 6.92 Å². The third-order valence-electron chi connectivity index (χ3n) is 2.82. The topological polar surface area (TPSA) is 60.2 Å². The first kappa shape index (κ1) is 12.9. The van der Waals surface area contributed by atoms with Crippen molar-refractivity contribution in [2.24, 2.45) is 5.73 Å². The molecule has 0 bridgehead atoms. The average molecular weight is 274 g/mol. The van der Waals surface area contributed by atoms with Crippen LogP contribution in [0.25, 0.3) is 0 Å². The van der Waals surface area contributed by atoms with Gasteiger partial charge in [-0.3, -0.25) is 0 Å². The zero-order valence-corrected chi connectivity index (χ0v) is 11.3. The lowest BCUT2D eigenvalue weighted by Gasteiger charge is -2.09. The van der Waals surface area contributed by atoms with Crippen molar-refractivity contribution in [3.05, 3.63) is 28.8 Å². The van der Waals surface area contributed by atoms with Crippen molar-refractivity contribution >= 4 is 21.4 Å². The van der Waals surface area contributed by atoms with Gasteiger partial charge in [-0.1, -0.05) is 17.7 Å². The van der Waals surface area contributed by atoms with Gasteiger partial charge in [-0.05, 0) is 43.9 Å². The maximum absolute atomic E-state index is 12.0. The Morgan fingerprint density at radius 2 is 2.12 bits per heavy atom. The Hall–Kier alpha value is -0.580. The van der Waals surface area contributed by atoms with Crippen LogP contribution in [0.4, 0.5) is 0 Å². The van der Waals surface area contributed by atoms with E-state index in [9.17, 15) is 8.42 Å². The molecule has 17 heavy (non-hydrogen) atoms. The maximum atomic E-state index is 12.0. The predicted octanol–water partition coefficient (Wildman–Crippen LogP) is 2.17. The van der Waals surface area contributed by atoms with E-state index >= 15 is 0 Å². The first-order valence-electron chi connectivity index (χ1n) is 5.69. The molecule has 1 aromatic rings. The second-order valence-corrected chi connectivity index (χ2v) is 7.29. The van der Waals surface area contributed by atoms with Crippen LogP contribution in [0.5, 0.6) is 0 Å². The molecule has 0 amide bonds. The average Bonchev–Trinajstić information content (AvgIpc) is 2.98. The standard InChI is InChI=1S/C12H16ClNO2S/c1-8(14)6-9-2-5-12(11(13)7-9)17(15,16)10-3-4-10/h2,5,7-8,10H,3-4,6,14H2,1H3. The number of rotatable bonds is 4. The van der Waals surface area contributed by atoms with E-state index in [0.29, 0.717) is 11.4 Å². The van der Waals surface area contributed by atoms with Crippen LogP contribution in [0.2, 0.25) is 5.02 Å². The number of hydrogen-bond acceptors (Lipinski definition) is 3. The molecule has 1 saturated carbocycles. The molecular formula is C12H16ClNO2S. The highest BCUT2D eigenvalue weighted by Gasteiger charge is 2.37. The van der Waals surface area contributed by atoms with Gasteiger partial charge < -0.3 is 5.73 Å². The van der Waals surface area contributed by atoms with Crippen molar-refractivity contribution in [1.82, 2.24) is 0 Å². The summed E-state index contributed by atoms with van der Waals surface area (Å²) in [6.45, 7) is 1.91. The summed E-state index contributed by atoms with van der Waals surface area (Å²) in [6.07, 6.45) is 2.20. The van der Waals surface area contributed by atoms with Crippen LogP contribution in [0.15, 0.2) is 23.1 Å². The van der Waals surface area contributed by atoms with Crippen LogP contribution in [-0.2, 0) is 16.3 Å². The highest BCUT2D eigenvalue weighted by atomic mass is 35.5. The molecule has 1 aromatic carbocycles. The largest absolute Gasteiger partial charge is 0.328 e. The Bertz CT molecular complexity index is 521. The molecular weight excluding hydrogens is 258 g/mol. The van der Waals surface area contributed by atoms with Gasteiger partial charge >= 0.3 is 0 Å². The van der Waals surface area contributed by atoms with Gasteiger partial charge in [0.1, 0.15) is 0 Å². The normalized spacial score (nSPS) is 18.1. The highest BCUT2D eigenvalue weighted by Crippen LogP contribution is 2.36. The Labute approximate surface area is 107 Å². The minimum atomic E-state index is -3.20. The van der Waals surface area contributed by atoms with Crippen molar-refractivity contribution in [3.63, 3.8) is 0 Å². The summed E-state index contributed by atoms with van der Waals surface area (Å²) in [6, 6.07) is 5.15.